The van der Waals surface area contributed by atoms with Gasteiger partial charge in [-0.05, 0) is 37.0 Å². The third-order valence-corrected chi connectivity index (χ3v) is 4.92. The molecule has 0 amide bonds. The zero-order valence-electron chi connectivity index (χ0n) is 13.2. The monoisotopic (exact) mass is 293 g/mol. The minimum Gasteiger partial charge on any atom is -0.310 e. The van der Waals surface area contributed by atoms with Crippen LogP contribution in [0.4, 0.5) is 0 Å². The van der Waals surface area contributed by atoms with Gasteiger partial charge in [0, 0.05) is 23.5 Å². The van der Waals surface area contributed by atoms with Crippen LogP contribution in [-0.2, 0) is 12.2 Å². The quantitative estimate of drug-likeness (QED) is 0.811. The van der Waals surface area contributed by atoms with Gasteiger partial charge in [0.1, 0.15) is 5.82 Å². The second-order valence-corrected chi connectivity index (χ2v) is 7.50. The van der Waals surface area contributed by atoms with Gasteiger partial charge in [0.25, 0.3) is 0 Å². The van der Waals surface area contributed by atoms with Gasteiger partial charge in [-0.1, -0.05) is 27.7 Å². The van der Waals surface area contributed by atoms with Crippen LogP contribution < -0.4 is 5.32 Å². The molecule has 1 aliphatic rings. The molecule has 3 nitrogen and oxygen atoms in total. The van der Waals surface area contributed by atoms with E-state index in [1.54, 1.807) is 0 Å². The van der Waals surface area contributed by atoms with Crippen LogP contribution in [-0.4, -0.2) is 22.3 Å². The maximum atomic E-state index is 4.84. The van der Waals surface area contributed by atoms with Gasteiger partial charge in [0.05, 0.1) is 5.75 Å². The fraction of sp³-hybridized carbons (Fsp3) is 0.750. The molecule has 1 aromatic rings. The Morgan fingerprint density at radius 1 is 1.40 bits per heavy atom. The number of fused-ring (bicyclic) bond motifs is 1. The van der Waals surface area contributed by atoms with E-state index in [1.807, 2.05) is 11.8 Å². The molecule has 0 saturated heterocycles. The summed E-state index contributed by atoms with van der Waals surface area (Å²) in [4.78, 5) is 9.41. The highest BCUT2D eigenvalue weighted by molar-refractivity contribution is 7.98. The Bertz CT molecular complexity index is 445. The molecule has 1 heterocycles. The first-order valence-corrected chi connectivity index (χ1v) is 8.87. The average Bonchev–Trinajstić information content (AvgIpc) is 2.37. The lowest BCUT2D eigenvalue weighted by Crippen LogP contribution is -2.34. The van der Waals surface area contributed by atoms with Crippen molar-refractivity contribution >= 4 is 11.8 Å². The Morgan fingerprint density at radius 3 is 2.90 bits per heavy atom. The molecule has 0 spiro atoms. The van der Waals surface area contributed by atoms with Crippen LogP contribution in [0.3, 0.4) is 0 Å². The van der Waals surface area contributed by atoms with Crippen LogP contribution >= 0.6 is 11.8 Å². The highest BCUT2D eigenvalue weighted by atomic mass is 32.2. The topological polar surface area (TPSA) is 37.8 Å². The summed E-state index contributed by atoms with van der Waals surface area (Å²) in [5.41, 5.74) is 2.90. The van der Waals surface area contributed by atoms with Crippen LogP contribution in [0, 0.1) is 5.41 Å². The van der Waals surface area contributed by atoms with Gasteiger partial charge in [-0.25, -0.2) is 9.97 Å². The van der Waals surface area contributed by atoms with Crippen LogP contribution in [0.1, 0.15) is 63.7 Å². The molecule has 2 rings (SSSR count). The van der Waals surface area contributed by atoms with E-state index >= 15 is 0 Å². The van der Waals surface area contributed by atoms with Crippen molar-refractivity contribution in [3.63, 3.8) is 0 Å². The molecule has 1 N–H and O–H groups in total. The van der Waals surface area contributed by atoms with Gasteiger partial charge in [0.15, 0.2) is 0 Å². The van der Waals surface area contributed by atoms with Crippen molar-refractivity contribution in [1.82, 2.24) is 15.3 Å². The lowest BCUT2D eigenvalue weighted by molar-refractivity contribution is 0.255. The number of nitrogens with one attached hydrogen (secondary N) is 1. The first kappa shape index (κ1) is 15.8. The Kier molecular flexibility index (Phi) is 5.44. The van der Waals surface area contributed by atoms with Crippen LogP contribution in [0.15, 0.2) is 6.20 Å². The Balaban J connectivity index is 2.18. The Hall–Kier alpha value is -0.610. The zero-order chi connectivity index (χ0) is 14.6. The van der Waals surface area contributed by atoms with Gasteiger partial charge < -0.3 is 5.32 Å². The smallest absolute Gasteiger partial charge is 0.138 e. The highest BCUT2D eigenvalue weighted by Crippen LogP contribution is 2.39. The minimum absolute atomic E-state index is 0.321. The van der Waals surface area contributed by atoms with Gasteiger partial charge >= 0.3 is 0 Å². The van der Waals surface area contributed by atoms with Crippen molar-refractivity contribution in [1.29, 1.82) is 0 Å². The summed E-state index contributed by atoms with van der Waals surface area (Å²) in [6, 6.07) is 0.413. The van der Waals surface area contributed by atoms with Crippen molar-refractivity contribution < 1.29 is 0 Å². The molecule has 1 unspecified atom stereocenters. The number of hydrogen-bond donors (Lipinski definition) is 1. The molecule has 0 bridgehead atoms. The van der Waals surface area contributed by atoms with Crippen LogP contribution in [0.25, 0.3) is 0 Å². The second kappa shape index (κ2) is 6.90. The predicted molar refractivity (Wildman–Crippen MR) is 87.0 cm³/mol. The number of nitrogens with zero attached hydrogens (tertiary/aromatic N) is 2. The van der Waals surface area contributed by atoms with Crippen LogP contribution in [0.5, 0.6) is 0 Å². The molecule has 4 heteroatoms. The first-order chi connectivity index (χ1) is 9.55. The van der Waals surface area contributed by atoms with E-state index in [4.69, 9.17) is 4.98 Å². The standard InChI is InChI=1S/C16H27N3S/c1-5-7-20-11-15-18-10-12-13(17-6-2)8-16(3,4)9-14(12)19-15/h10,13,17H,5-9,11H2,1-4H3. The van der Waals surface area contributed by atoms with Gasteiger partial charge in [-0.15, -0.1) is 0 Å². The SMILES string of the molecule is CCCSCc1ncc2c(n1)CC(C)(C)CC2NCC. The highest BCUT2D eigenvalue weighted by Gasteiger charge is 2.33. The largest absolute Gasteiger partial charge is 0.310 e. The van der Waals surface area contributed by atoms with Crippen LogP contribution in [0.2, 0.25) is 0 Å². The number of hydrogen-bond acceptors (Lipinski definition) is 4. The van der Waals surface area contributed by atoms with Crippen molar-refractivity contribution in [3.8, 4) is 0 Å². The van der Waals surface area contributed by atoms with E-state index in [-0.39, 0.29) is 0 Å². The van der Waals surface area contributed by atoms with E-state index in [1.165, 1.54) is 29.9 Å². The van der Waals surface area contributed by atoms with E-state index < -0.39 is 0 Å². The van der Waals surface area contributed by atoms with Crippen molar-refractivity contribution in [2.24, 2.45) is 5.41 Å². The summed E-state index contributed by atoms with van der Waals surface area (Å²) < 4.78 is 0. The summed E-state index contributed by atoms with van der Waals surface area (Å²) >= 11 is 1.93. The van der Waals surface area contributed by atoms with Gasteiger partial charge in [0.2, 0.25) is 0 Å². The minimum atomic E-state index is 0.321. The summed E-state index contributed by atoms with van der Waals surface area (Å²) in [6.45, 7) is 10.1. The molecule has 1 atom stereocenters. The molecule has 112 valence electrons. The van der Waals surface area contributed by atoms with E-state index in [2.05, 4.69) is 44.2 Å². The summed E-state index contributed by atoms with van der Waals surface area (Å²) in [6.07, 6.45) is 5.51. The third-order valence-electron chi connectivity index (χ3n) is 3.76. The summed E-state index contributed by atoms with van der Waals surface area (Å²) in [5.74, 6) is 3.12. The molecule has 1 aromatic heterocycles. The fourth-order valence-electron chi connectivity index (χ4n) is 2.89. The fourth-order valence-corrected chi connectivity index (χ4v) is 3.65. The molecule has 0 aromatic carbocycles. The first-order valence-electron chi connectivity index (χ1n) is 7.71. The zero-order valence-corrected chi connectivity index (χ0v) is 14.0. The van der Waals surface area contributed by atoms with Gasteiger partial charge in [-0.3, -0.25) is 0 Å². The van der Waals surface area contributed by atoms with E-state index in [9.17, 15) is 0 Å². The number of rotatable bonds is 6. The van der Waals surface area contributed by atoms with E-state index in [0.717, 1.165) is 24.5 Å². The maximum absolute atomic E-state index is 4.84. The maximum Gasteiger partial charge on any atom is 0.138 e. The lowest BCUT2D eigenvalue weighted by atomic mass is 9.74. The second-order valence-electron chi connectivity index (χ2n) is 6.40. The molecule has 0 aliphatic heterocycles. The molecular formula is C16H27N3S. The Morgan fingerprint density at radius 2 is 2.20 bits per heavy atom. The van der Waals surface area contributed by atoms with Gasteiger partial charge in [-0.2, -0.15) is 11.8 Å². The van der Waals surface area contributed by atoms with Crippen molar-refractivity contribution in [2.75, 3.05) is 12.3 Å². The van der Waals surface area contributed by atoms with Crippen molar-refractivity contribution in [3.05, 3.63) is 23.3 Å². The molecule has 0 radical (unpaired) electrons. The molecule has 0 fully saturated rings. The van der Waals surface area contributed by atoms with Crippen molar-refractivity contribution in [2.45, 2.75) is 58.8 Å². The molecule has 1 aliphatic carbocycles. The molecule has 0 saturated carbocycles. The normalized spacial score (nSPS) is 20.7. The Labute approximate surface area is 127 Å². The molecular weight excluding hydrogens is 266 g/mol. The van der Waals surface area contributed by atoms with E-state index in [0.29, 0.717) is 11.5 Å². The third kappa shape index (κ3) is 3.95. The molecule has 20 heavy (non-hydrogen) atoms. The number of aromatic nitrogens is 2. The predicted octanol–water partition coefficient (Wildman–Crippen LogP) is 3.74. The average molecular weight is 293 g/mol. The number of thioether (sulfide) groups is 1. The summed E-state index contributed by atoms with van der Waals surface area (Å²) in [7, 11) is 0. The lowest BCUT2D eigenvalue weighted by Gasteiger charge is -2.36. The summed E-state index contributed by atoms with van der Waals surface area (Å²) in [5, 5.41) is 3.58.